The van der Waals surface area contributed by atoms with Gasteiger partial charge in [-0.2, -0.15) is 0 Å². The molecule has 0 spiro atoms. The number of benzene rings is 1. The van der Waals surface area contributed by atoms with Gasteiger partial charge in [0.15, 0.2) is 23.2 Å². The van der Waals surface area contributed by atoms with Crippen LogP contribution in [0.3, 0.4) is 0 Å². The second-order valence-corrected chi connectivity index (χ2v) is 3.22. The smallest absolute Gasteiger partial charge is 0.173 e. The molecule has 0 aliphatic carbocycles. The minimum Gasteiger partial charge on any atom is -0.493 e. The van der Waals surface area contributed by atoms with E-state index < -0.39 is 23.0 Å². The molecule has 1 aromatic rings. The normalized spacial score (nSPS) is 10.6. The molecule has 0 aliphatic rings. The van der Waals surface area contributed by atoms with Crippen molar-refractivity contribution in [2.75, 3.05) is 13.7 Å². The van der Waals surface area contributed by atoms with E-state index in [1.807, 2.05) is 0 Å². The van der Waals surface area contributed by atoms with Crippen molar-refractivity contribution in [1.29, 1.82) is 0 Å². The third kappa shape index (κ3) is 2.14. The summed E-state index contributed by atoms with van der Waals surface area (Å²) in [6.45, 7) is 2.90. The molecule has 1 rings (SSSR count). The first kappa shape index (κ1) is 12.8. The summed E-state index contributed by atoms with van der Waals surface area (Å²) in [5, 5.41) is 0. The standard InChI is InChI=1S/C11H13F3O2/c1-4-16-5-7-9(13)8(12)6(2)11(15-3)10(7)14/h4-5H2,1-3H3. The van der Waals surface area contributed by atoms with Crippen LogP contribution in [0.25, 0.3) is 0 Å². The highest BCUT2D eigenvalue weighted by Gasteiger charge is 2.23. The topological polar surface area (TPSA) is 18.5 Å². The van der Waals surface area contributed by atoms with E-state index in [0.717, 1.165) is 0 Å². The van der Waals surface area contributed by atoms with Crippen molar-refractivity contribution in [3.05, 3.63) is 28.6 Å². The van der Waals surface area contributed by atoms with Crippen LogP contribution in [-0.4, -0.2) is 13.7 Å². The van der Waals surface area contributed by atoms with Crippen LogP contribution in [0.15, 0.2) is 0 Å². The summed E-state index contributed by atoms with van der Waals surface area (Å²) in [6, 6.07) is 0. The molecule has 0 radical (unpaired) electrons. The molecule has 0 unspecified atom stereocenters. The Hall–Kier alpha value is -1.23. The first-order valence-corrected chi connectivity index (χ1v) is 4.82. The Bertz CT molecular complexity index is 392. The molecule has 0 saturated carbocycles. The lowest BCUT2D eigenvalue weighted by atomic mass is 10.1. The third-order valence-corrected chi connectivity index (χ3v) is 2.25. The van der Waals surface area contributed by atoms with Crippen molar-refractivity contribution in [3.8, 4) is 5.75 Å². The van der Waals surface area contributed by atoms with Gasteiger partial charge in [-0.1, -0.05) is 0 Å². The second-order valence-electron chi connectivity index (χ2n) is 3.22. The summed E-state index contributed by atoms with van der Waals surface area (Å²) in [7, 11) is 1.20. The molecule has 0 amide bonds. The van der Waals surface area contributed by atoms with Crippen LogP contribution >= 0.6 is 0 Å². The minimum atomic E-state index is -1.22. The van der Waals surface area contributed by atoms with Gasteiger partial charge in [-0.05, 0) is 13.8 Å². The Morgan fingerprint density at radius 1 is 1.06 bits per heavy atom. The van der Waals surface area contributed by atoms with E-state index in [2.05, 4.69) is 0 Å². The monoisotopic (exact) mass is 234 g/mol. The van der Waals surface area contributed by atoms with Gasteiger partial charge in [0.2, 0.25) is 0 Å². The molecular weight excluding hydrogens is 221 g/mol. The summed E-state index contributed by atoms with van der Waals surface area (Å²) in [4.78, 5) is 0. The highest BCUT2D eigenvalue weighted by molar-refractivity contribution is 5.40. The average molecular weight is 234 g/mol. The van der Waals surface area contributed by atoms with Crippen molar-refractivity contribution in [2.45, 2.75) is 20.5 Å². The maximum absolute atomic E-state index is 13.7. The molecule has 0 N–H and O–H groups in total. The van der Waals surface area contributed by atoms with Gasteiger partial charge in [0.25, 0.3) is 0 Å². The van der Waals surface area contributed by atoms with Gasteiger partial charge >= 0.3 is 0 Å². The summed E-state index contributed by atoms with van der Waals surface area (Å²) in [5.41, 5.74) is -0.625. The highest BCUT2D eigenvalue weighted by Crippen LogP contribution is 2.30. The number of halogens is 3. The predicted octanol–water partition coefficient (Wildman–Crippen LogP) is 2.96. The quantitative estimate of drug-likeness (QED) is 0.746. The Morgan fingerprint density at radius 3 is 2.19 bits per heavy atom. The number of hydrogen-bond donors (Lipinski definition) is 0. The molecule has 0 bridgehead atoms. The lowest BCUT2D eigenvalue weighted by molar-refractivity contribution is 0.127. The summed E-state index contributed by atoms with van der Waals surface area (Å²) in [6.07, 6.45) is 0. The van der Waals surface area contributed by atoms with Crippen molar-refractivity contribution < 1.29 is 22.6 Å². The molecule has 5 heteroatoms. The fourth-order valence-corrected chi connectivity index (χ4v) is 1.37. The SMILES string of the molecule is CCOCc1c(F)c(F)c(C)c(OC)c1F. The zero-order valence-electron chi connectivity index (χ0n) is 9.36. The van der Waals surface area contributed by atoms with Crippen LogP contribution in [-0.2, 0) is 11.3 Å². The Balaban J connectivity index is 3.31. The lowest BCUT2D eigenvalue weighted by Gasteiger charge is -2.12. The number of hydrogen-bond acceptors (Lipinski definition) is 2. The Labute approximate surface area is 92.0 Å². The number of rotatable bonds is 4. The van der Waals surface area contributed by atoms with Gasteiger partial charge in [-0.25, -0.2) is 13.2 Å². The van der Waals surface area contributed by atoms with Crippen LogP contribution in [0.1, 0.15) is 18.1 Å². The van der Waals surface area contributed by atoms with Gasteiger partial charge in [0, 0.05) is 12.2 Å². The minimum absolute atomic E-state index is 0.183. The van der Waals surface area contributed by atoms with Crippen LogP contribution in [0.2, 0.25) is 0 Å². The lowest BCUT2D eigenvalue weighted by Crippen LogP contribution is -2.07. The molecule has 0 saturated heterocycles. The molecule has 0 aromatic heterocycles. The van der Waals surface area contributed by atoms with E-state index >= 15 is 0 Å². The molecule has 90 valence electrons. The van der Waals surface area contributed by atoms with Crippen LogP contribution in [0.4, 0.5) is 13.2 Å². The first-order chi connectivity index (χ1) is 7.54. The van der Waals surface area contributed by atoms with Crippen molar-refractivity contribution in [3.63, 3.8) is 0 Å². The molecule has 0 heterocycles. The number of methoxy groups -OCH3 is 1. The number of ether oxygens (including phenoxy) is 2. The van der Waals surface area contributed by atoms with Gasteiger partial charge in [-0.15, -0.1) is 0 Å². The fourth-order valence-electron chi connectivity index (χ4n) is 1.37. The van der Waals surface area contributed by atoms with E-state index in [0.29, 0.717) is 0 Å². The van der Waals surface area contributed by atoms with E-state index in [9.17, 15) is 13.2 Å². The maximum atomic E-state index is 13.7. The van der Waals surface area contributed by atoms with Gasteiger partial charge in [0.1, 0.15) is 0 Å². The Kier molecular flexibility index (Phi) is 4.18. The van der Waals surface area contributed by atoms with Gasteiger partial charge < -0.3 is 9.47 Å². The summed E-state index contributed by atoms with van der Waals surface area (Å²) < 4.78 is 50.0. The summed E-state index contributed by atoms with van der Waals surface area (Å²) >= 11 is 0. The molecule has 0 atom stereocenters. The third-order valence-electron chi connectivity index (χ3n) is 2.25. The molecular formula is C11H13F3O2. The molecule has 1 aromatic carbocycles. The van der Waals surface area contributed by atoms with Crippen molar-refractivity contribution in [1.82, 2.24) is 0 Å². The molecule has 16 heavy (non-hydrogen) atoms. The van der Waals surface area contributed by atoms with Gasteiger partial charge in [0.05, 0.1) is 19.3 Å². The highest BCUT2D eigenvalue weighted by atomic mass is 19.2. The average Bonchev–Trinajstić information content (AvgIpc) is 2.27. The van der Waals surface area contributed by atoms with E-state index in [1.165, 1.54) is 14.0 Å². The maximum Gasteiger partial charge on any atom is 0.173 e. The molecule has 2 nitrogen and oxygen atoms in total. The Morgan fingerprint density at radius 2 is 1.69 bits per heavy atom. The van der Waals surface area contributed by atoms with E-state index in [1.54, 1.807) is 6.92 Å². The molecule has 0 fully saturated rings. The van der Waals surface area contributed by atoms with Crippen molar-refractivity contribution >= 4 is 0 Å². The van der Waals surface area contributed by atoms with Crippen LogP contribution in [0.5, 0.6) is 5.75 Å². The first-order valence-electron chi connectivity index (χ1n) is 4.82. The second kappa shape index (κ2) is 5.21. The zero-order chi connectivity index (χ0) is 12.3. The van der Waals surface area contributed by atoms with Gasteiger partial charge in [-0.3, -0.25) is 0 Å². The summed E-state index contributed by atoms with van der Waals surface area (Å²) in [5.74, 6) is -3.52. The predicted molar refractivity (Wildman–Crippen MR) is 52.9 cm³/mol. The zero-order valence-corrected chi connectivity index (χ0v) is 9.36. The van der Waals surface area contributed by atoms with E-state index in [4.69, 9.17) is 9.47 Å². The fraction of sp³-hybridized carbons (Fsp3) is 0.455. The van der Waals surface area contributed by atoms with Crippen LogP contribution < -0.4 is 4.74 Å². The van der Waals surface area contributed by atoms with E-state index in [-0.39, 0.29) is 24.5 Å². The largest absolute Gasteiger partial charge is 0.493 e. The van der Waals surface area contributed by atoms with Crippen molar-refractivity contribution in [2.24, 2.45) is 0 Å². The van der Waals surface area contributed by atoms with Crippen LogP contribution in [0, 0.1) is 24.4 Å². The molecule has 0 aliphatic heterocycles.